The van der Waals surface area contributed by atoms with E-state index >= 15 is 0 Å². The predicted molar refractivity (Wildman–Crippen MR) is 190 cm³/mol. The second-order valence-corrected chi connectivity index (χ2v) is 15.9. The minimum absolute atomic E-state index is 0.0732. The van der Waals surface area contributed by atoms with Crippen LogP contribution in [0.3, 0.4) is 0 Å². The van der Waals surface area contributed by atoms with Gasteiger partial charge in [0, 0.05) is 5.92 Å². The van der Waals surface area contributed by atoms with Crippen LogP contribution in [0.25, 0.3) is 5.52 Å². The van der Waals surface area contributed by atoms with Crippen LogP contribution in [0.5, 0.6) is 5.75 Å². The van der Waals surface area contributed by atoms with Crippen LogP contribution in [-0.2, 0) is 47.2 Å². The van der Waals surface area contributed by atoms with Crippen LogP contribution >= 0.6 is 7.75 Å². The summed E-state index contributed by atoms with van der Waals surface area (Å²) in [5.41, 5.74) is -3.88. The number of rotatable bonds is 15. The second kappa shape index (κ2) is 15.5. The third-order valence-electron chi connectivity index (χ3n) is 8.70. The van der Waals surface area contributed by atoms with Crippen LogP contribution in [0.1, 0.15) is 74.1 Å². The molecular weight excluding hydrogens is 723 g/mol. The van der Waals surface area contributed by atoms with Gasteiger partial charge in [-0.05, 0) is 45.0 Å². The van der Waals surface area contributed by atoms with Crippen LogP contribution in [0, 0.1) is 29.1 Å². The SMILES string of the molecule is CC(C)OC(=O)[C@H](C)NP(=O)(Oc1ccccc1)OC1[C@@]2(C#N)O[C@@H](c3ccc4c(NC(=O)C(C)C)ncnn34)[C@H](OC(=O)C(C)C)[C@@]12OC(=O)C(C)C. The first-order valence-corrected chi connectivity index (χ1v) is 19.1. The normalized spacial score (nSPS) is 24.8. The van der Waals surface area contributed by atoms with E-state index in [9.17, 15) is 29.0 Å². The van der Waals surface area contributed by atoms with E-state index in [1.807, 2.05) is 6.07 Å². The van der Waals surface area contributed by atoms with Gasteiger partial charge in [-0.3, -0.25) is 23.7 Å². The number of aromatic nitrogens is 3. The molecule has 1 aliphatic heterocycles. The summed E-state index contributed by atoms with van der Waals surface area (Å²) in [5, 5.41) is 20.6. The number of nitriles is 1. The van der Waals surface area contributed by atoms with Crippen molar-refractivity contribution in [3.05, 3.63) is 54.5 Å². The van der Waals surface area contributed by atoms with Gasteiger partial charge in [-0.15, -0.1) is 0 Å². The van der Waals surface area contributed by atoms with E-state index < -0.39 is 79.2 Å². The Balaban J connectivity index is 1.63. The quantitative estimate of drug-likeness (QED) is 0.122. The summed E-state index contributed by atoms with van der Waals surface area (Å²) >= 11 is 0. The minimum atomic E-state index is -4.71. The molecule has 1 amide bonds. The molecule has 5 rings (SSSR count). The van der Waals surface area contributed by atoms with Crippen LogP contribution in [0.2, 0.25) is 0 Å². The number of carbonyl (C=O) groups excluding carboxylic acids is 4. The number of ether oxygens (including phenoxy) is 4. The zero-order chi connectivity index (χ0) is 39.7. The summed E-state index contributed by atoms with van der Waals surface area (Å²) in [5.74, 6) is -4.16. The Kier molecular flexibility index (Phi) is 11.5. The van der Waals surface area contributed by atoms with E-state index in [4.69, 9.17) is 28.0 Å². The maximum Gasteiger partial charge on any atom is 0.460 e. The molecule has 2 fully saturated rings. The number of nitrogens with one attached hydrogen (secondary N) is 2. The lowest BCUT2D eigenvalue weighted by molar-refractivity contribution is -0.181. The van der Waals surface area contributed by atoms with Crippen molar-refractivity contribution in [2.75, 3.05) is 5.32 Å². The highest BCUT2D eigenvalue weighted by atomic mass is 31.2. The molecule has 1 aliphatic carbocycles. The van der Waals surface area contributed by atoms with Gasteiger partial charge >= 0.3 is 25.7 Å². The summed E-state index contributed by atoms with van der Waals surface area (Å²) in [4.78, 5) is 56.6. The van der Waals surface area contributed by atoms with Crippen molar-refractivity contribution >= 4 is 42.9 Å². The summed E-state index contributed by atoms with van der Waals surface area (Å²) in [6.07, 6.45) is -3.92. The Bertz CT molecular complexity index is 2000. The number of amides is 1. The fraction of sp³-hybridized carbons (Fsp3) is 0.528. The number of benzene rings is 1. The molecule has 1 aromatic carbocycles. The molecule has 0 spiro atoms. The molecule has 3 aromatic rings. The van der Waals surface area contributed by atoms with Gasteiger partial charge in [0.2, 0.25) is 17.1 Å². The van der Waals surface area contributed by atoms with Crippen LogP contribution in [-0.4, -0.2) is 74.0 Å². The van der Waals surface area contributed by atoms with Gasteiger partial charge in [0.25, 0.3) is 0 Å². The Labute approximate surface area is 312 Å². The van der Waals surface area contributed by atoms with Gasteiger partial charge in [0.1, 0.15) is 35.8 Å². The number of hydrogen-bond donors (Lipinski definition) is 2. The summed E-state index contributed by atoms with van der Waals surface area (Å²) in [6, 6.07) is 11.9. The number of para-hydroxylation sites is 1. The Morgan fingerprint density at radius 1 is 0.926 bits per heavy atom. The summed E-state index contributed by atoms with van der Waals surface area (Å²) in [6.45, 7) is 14.4. The summed E-state index contributed by atoms with van der Waals surface area (Å²) in [7, 11) is -4.71. The fourth-order valence-electron chi connectivity index (χ4n) is 5.82. The highest BCUT2D eigenvalue weighted by Gasteiger charge is 2.95. The van der Waals surface area contributed by atoms with Gasteiger partial charge < -0.3 is 28.8 Å². The molecule has 7 atom stereocenters. The molecule has 0 radical (unpaired) electrons. The third-order valence-corrected chi connectivity index (χ3v) is 10.3. The first kappa shape index (κ1) is 40.3. The Morgan fingerprint density at radius 3 is 2.19 bits per heavy atom. The number of hydrogen-bond acceptors (Lipinski definition) is 14. The highest BCUT2D eigenvalue weighted by Crippen LogP contribution is 2.71. The lowest BCUT2D eigenvalue weighted by atomic mass is 10.0. The van der Waals surface area contributed by atoms with Crippen molar-refractivity contribution in [1.29, 1.82) is 5.26 Å². The van der Waals surface area contributed by atoms with Crippen LogP contribution in [0.15, 0.2) is 48.8 Å². The lowest BCUT2D eigenvalue weighted by Gasteiger charge is -2.30. The predicted octanol–water partition coefficient (Wildman–Crippen LogP) is 4.68. The largest absolute Gasteiger partial charge is 0.462 e. The van der Waals surface area contributed by atoms with Crippen molar-refractivity contribution in [1.82, 2.24) is 19.7 Å². The molecule has 3 heterocycles. The third kappa shape index (κ3) is 7.56. The van der Waals surface area contributed by atoms with Gasteiger partial charge in [0.15, 0.2) is 18.0 Å². The number of anilines is 1. The number of esters is 3. The number of carbonyl (C=O) groups is 4. The van der Waals surface area contributed by atoms with Crippen molar-refractivity contribution in [2.24, 2.45) is 17.8 Å². The van der Waals surface area contributed by atoms with E-state index in [1.54, 1.807) is 85.7 Å². The average Bonchev–Trinajstić information content (AvgIpc) is 3.34. The molecule has 1 saturated heterocycles. The molecule has 2 unspecified atom stereocenters. The van der Waals surface area contributed by atoms with Gasteiger partial charge in [-0.2, -0.15) is 15.4 Å². The smallest absolute Gasteiger partial charge is 0.460 e. The molecular formula is C36H45N6O11P. The van der Waals surface area contributed by atoms with Gasteiger partial charge in [0.05, 0.1) is 23.6 Å². The molecule has 2 aromatic heterocycles. The molecule has 1 saturated carbocycles. The molecule has 290 valence electrons. The standard InChI is InChI=1S/C36H45N6O11P/c1-19(2)30(43)40-29-26-16-15-25(42(26)39-18-38-29)27-28(49-31(44)20(3)4)36(51-32(45)21(5)6)34(35(36,17-37)50-27)53-54(47,52-24-13-11-10-12-14-24)41-23(9)33(46)48-22(7)8/h10-16,18-23,27-28,34H,1-9H3,(H,41,47)(H,38,39,40,43)/t23-,27-,28-,34?,35+,36+,54?/m0/s1. The van der Waals surface area contributed by atoms with Crippen molar-refractivity contribution in [2.45, 2.75) is 104 Å². The van der Waals surface area contributed by atoms with E-state index in [0.29, 0.717) is 5.52 Å². The fourth-order valence-corrected chi connectivity index (χ4v) is 7.54. The van der Waals surface area contributed by atoms with Gasteiger partial charge in [-0.25, -0.2) is 14.1 Å². The number of nitrogens with zero attached hydrogens (tertiary/aromatic N) is 4. The zero-order valence-corrected chi connectivity index (χ0v) is 32.4. The first-order valence-electron chi connectivity index (χ1n) is 17.6. The number of fused-ring (bicyclic) bond motifs is 2. The highest BCUT2D eigenvalue weighted by molar-refractivity contribution is 7.52. The van der Waals surface area contributed by atoms with Crippen LogP contribution in [0.4, 0.5) is 5.82 Å². The summed E-state index contributed by atoms with van der Waals surface area (Å²) < 4.78 is 52.0. The maximum atomic E-state index is 14.7. The lowest BCUT2D eigenvalue weighted by Crippen LogP contribution is -2.45. The molecule has 0 bridgehead atoms. The Hall–Kier alpha value is -4.88. The van der Waals surface area contributed by atoms with E-state index in [-0.39, 0.29) is 29.1 Å². The van der Waals surface area contributed by atoms with Crippen LogP contribution < -0.4 is 14.9 Å². The van der Waals surface area contributed by atoms with E-state index in [0.717, 1.165) is 0 Å². The molecule has 17 nitrogen and oxygen atoms in total. The topological polar surface area (TPSA) is 219 Å². The monoisotopic (exact) mass is 768 g/mol. The van der Waals surface area contributed by atoms with Gasteiger partial charge in [-0.1, -0.05) is 59.7 Å². The van der Waals surface area contributed by atoms with Crippen molar-refractivity contribution in [3.63, 3.8) is 0 Å². The molecule has 2 aliphatic rings. The average molecular weight is 769 g/mol. The van der Waals surface area contributed by atoms with E-state index in [2.05, 4.69) is 20.5 Å². The minimum Gasteiger partial charge on any atom is -0.462 e. The van der Waals surface area contributed by atoms with E-state index in [1.165, 1.54) is 29.9 Å². The van der Waals surface area contributed by atoms with Crippen molar-refractivity contribution in [3.8, 4) is 11.8 Å². The maximum absolute atomic E-state index is 14.7. The Morgan fingerprint density at radius 2 is 1.59 bits per heavy atom. The molecule has 2 N–H and O–H groups in total. The second-order valence-electron chi connectivity index (χ2n) is 14.3. The molecule has 54 heavy (non-hydrogen) atoms. The zero-order valence-electron chi connectivity index (χ0n) is 31.5. The first-order chi connectivity index (χ1) is 25.4. The van der Waals surface area contributed by atoms with Crippen molar-refractivity contribution < 1.29 is 51.7 Å². The molecule has 18 heteroatoms.